The van der Waals surface area contributed by atoms with Gasteiger partial charge in [0.2, 0.25) is 0 Å². The smallest absolute Gasteiger partial charge is 0.185 e. The van der Waals surface area contributed by atoms with E-state index in [9.17, 15) is 4.79 Å². The van der Waals surface area contributed by atoms with Crippen molar-refractivity contribution in [1.82, 2.24) is 0 Å². The van der Waals surface area contributed by atoms with Crippen LogP contribution in [0.1, 0.15) is 16.1 Å². The minimum absolute atomic E-state index is 0.323. The van der Waals surface area contributed by atoms with Crippen molar-refractivity contribution in [2.24, 2.45) is 0 Å². The van der Waals surface area contributed by atoms with Gasteiger partial charge in [0.1, 0.15) is 0 Å². The van der Waals surface area contributed by atoms with Crippen LogP contribution in [0.15, 0.2) is 22.6 Å². The summed E-state index contributed by atoms with van der Waals surface area (Å²) < 4.78 is 10.5. The Balaban J connectivity index is 2.77. The van der Waals surface area contributed by atoms with Gasteiger partial charge in [0.25, 0.3) is 0 Å². The Hall–Kier alpha value is -1.77. The predicted molar refractivity (Wildman–Crippen MR) is 52.9 cm³/mol. The monoisotopic (exact) mass is 190 g/mol. The molecule has 0 saturated carbocycles. The molecule has 2 rings (SSSR count). The predicted octanol–water partition coefficient (Wildman–Crippen LogP) is 2.56. The largest absolute Gasteiger partial charge is 0.493 e. The lowest BCUT2D eigenvalue weighted by atomic mass is 10.1. The van der Waals surface area contributed by atoms with Crippen LogP contribution >= 0.6 is 0 Å². The van der Waals surface area contributed by atoms with Crippen LogP contribution in [-0.4, -0.2) is 13.4 Å². The van der Waals surface area contributed by atoms with Gasteiger partial charge in [-0.2, -0.15) is 0 Å². The molecule has 0 atom stereocenters. The third-order valence-electron chi connectivity index (χ3n) is 2.08. The van der Waals surface area contributed by atoms with Crippen molar-refractivity contribution in [2.75, 3.05) is 7.11 Å². The molecule has 0 saturated heterocycles. The zero-order chi connectivity index (χ0) is 10.1. The highest BCUT2D eigenvalue weighted by molar-refractivity contribution is 5.89. The fourth-order valence-electron chi connectivity index (χ4n) is 1.49. The highest BCUT2D eigenvalue weighted by Gasteiger charge is 2.08. The molecule has 1 heterocycles. The van der Waals surface area contributed by atoms with Crippen molar-refractivity contribution < 1.29 is 13.9 Å². The first-order valence-corrected chi connectivity index (χ1v) is 4.28. The molecular formula is C11H10O3. The molecule has 0 unspecified atom stereocenters. The van der Waals surface area contributed by atoms with Crippen molar-refractivity contribution >= 4 is 17.3 Å². The maximum atomic E-state index is 10.5. The van der Waals surface area contributed by atoms with Crippen LogP contribution in [0.25, 0.3) is 11.0 Å². The number of hydrogen-bond acceptors (Lipinski definition) is 3. The topological polar surface area (TPSA) is 39.4 Å². The molecule has 0 aliphatic carbocycles. The number of aryl methyl sites for hydroxylation is 1. The van der Waals surface area contributed by atoms with Crippen LogP contribution in [0.2, 0.25) is 0 Å². The van der Waals surface area contributed by atoms with Crippen LogP contribution < -0.4 is 4.74 Å². The molecule has 0 spiro atoms. The fourth-order valence-corrected chi connectivity index (χ4v) is 1.49. The molecule has 0 amide bonds. The Labute approximate surface area is 81.3 Å². The van der Waals surface area contributed by atoms with Gasteiger partial charge in [0, 0.05) is 5.39 Å². The molecule has 0 aliphatic rings. The average molecular weight is 190 g/mol. The number of hydrogen-bond donors (Lipinski definition) is 0. The maximum Gasteiger partial charge on any atom is 0.185 e. The summed E-state index contributed by atoms with van der Waals surface area (Å²) in [6.07, 6.45) is 0.689. The quantitative estimate of drug-likeness (QED) is 0.683. The number of methoxy groups -OCH3 is 1. The van der Waals surface area contributed by atoms with Crippen LogP contribution in [0, 0.1) is 6.92 Å². The van der Waals surface area contributed by atoms with Gasteiger partial charge in [-0.1, -0.05) is 0 Å². The molecule has 14 heavy (non-hydrogen) atoms. The van der Waals surface area contributed by atoms with Gasteiger partial charge in [-0.25, -0.2) is 0 Å². The first-order valence-electron chi connectivity index (χ1n) is 4.28. The molecule has 0 fully saturated rings. The van der Waals surface area contributed by atoms with Crippen molar-refractivity contribution in [3.63, 3.8) is 0 Å². The lowest BCUT2D eigenvalue weighted by molar-refractivity contribution is 0.110. The van der Waals surface area contributed by atoms with Gasteiger partial charge in [0.15, 0.2) is 23.4 Å². The number of ether oxygens (including phenoxy) is 1. The highest BCUT2D eigenvalue weighted by Crippen LogP contribution is 2.29. The molecule has 0 radical (unpaired) electrons. The zero-order valence-corrected chi connectivity index (χ0v) is 8.03. The fraction of sp³-hybridized carbons (Fsp3) is 0.182. The van der Waals surface area contributed by atoms with E-state index in [0.29, 0.717) is 23.4 Å². The van der Waals surface area contributed by atoms with Gasteiger partial charge < -0.3 is 9.15 Å². The average Bonchev–Trinajstić information content (AvgIpc) is 2.59. The first kappa shape index (κ1) is 8.81. The van der Waals surface area contributed by atoms with Crippen molar-refractivity contribution in [2.45, 2.75) is 6.92 Å². The Bertz CT molecular complexity index is 482. The van der Waals surface area contributed by atoms with Crippen molar-refractivity contribution in [3.05, 3.63) is 29.5 Å². The van der Waals surface area contributed by atoms with Crippen molar-refractivity contribution in [1.29, 1.82) is 0 Å². The second kappa shape index (κ2) is 3.18. The Morgan fingerprint density at radius 2 is 2.14 bits per heavy atom. The van der Waals surface area contributed by atoms with E-state index in [2.05, 4.69) is 0 Å². The van der Waals surface area contributed by atoms with E-state index in [4.69, 9.17) is 9.15 Å². The number of benzene rings is 1. The maximum absolute atomic E-state index is 10.5. The Kier molecular flexibility index (Phi) is 2.00. The van der Waals surface area contributed by atoms with Gasteiger partial charge in [-0.3, -0.25) is 4.79 Å². The number of carbonyl (C=O) groups excluding carboxylic acids is 1. The lowest BCUT2D eigenvalue weighted by Gasteiger charge is -2.01. The summed E-state index contributed by atoms with van der Waals surface area (Å²) in [6.45, 7) is 1.97. The Morgan fingerprint density at radius 3 is 2.79 bits per heavy atom. The van der Waals surface area contributed by atoms with E-state index in [1.54, 1.807) is 13.2 Å². The summed E-state index contributed by atoms with van der Waals surface area (Å²) in [5.74, 6) is 0.983. The third kappa shape index (κ3) is 1.27. The first-order chi connectivity index (χ1) is 6.74. The summed E-state index contributed by atoms with van der Waals surface area (Å²) >= 11 is 0. The van der Waals surface area contributed by atoms with Crippen LogP contribution in [0.5, 0.6) is 5.75 Å². The molecule has 0 aliphatic heterocycles. The number of carbonyl (C=O) groups is 1. The summed E-state index contributed by atoms with van der Waals surface area (Å²) in [5.41, 5.74) is 1.70. The number of rotatable bonds is 2. The molecule has 1 aromatic heterocycles. The third-order valence-corrected chi connectivity index (χ3v) is 2.08. The molecule has 0 bridgehead atoms. The summed E-state index contributed by atoms with van der Waals surface area (Å²) in [7, 11) is 1.58. The molecule has 3 heteroatoms. The van der Waals surface area contributed by atoms with E-state index >= 15 is 0 Å². The van der Waals surface area contributed by atoms with E-state index in [1.807, 2.05) is 19.1 Å². The summed E-state index contributed by atoms with van der Waals surface area (Å²) in [5, 5.41) is 0.893. The van der Waals surface area contributed by atoms with Crippen LogP contribution in [-0.2, 0) is 0 Å². The highest BCUT2D eigenvalue weighted by atomic mass is 16.5. The molecule has 1 aromatic carbocycles. The molecular weight excluding hydrogens is 180 g/mol. The summed E-state index contributed by atoms with van der Waals surface area (Å²) in [6, 6.07) is 5.53. The van der Waals surface area contributed by atoms with Gasteiger partial charge in [-0.05, 0) is 30.7 Å². The number of aldehydes is 1. The van der Waals surface area contributed by atoms with Gasteiger partial charge >= 0.3 is 0 Å². The van der Waals surface area contributed by atoms with Gasteiger partial charge in [0.05, 0.1) is 7.11 Å². The minimum Gasteiger partial charge on any atom is -0.493 e. The van der Waals surface area contributed by atoms with E-state index in [0.717, 1.165) is 10.9 Å². The SMILES string of the molecule is COc1cc(C)cc2cc(C=O)oc12. The summed E-state index contributed by atoms with van der Waals surface area (Å²) in [4.78, 5) is 10.5. The second-order valence-electron chi connectivity index (χ2n) is 3.15. The van der Waals surface area contributed by atoms with Crippen molar-refractivity contribution in [3.8, 4) is 5.75 Å². The second-order valence-corrected chi connectivity index (χ2v) is 3.15. The lowest BCUT2D eigenvalue weighted by Crippen LogP contribution is -1.83. The number of furan rings is 1. The van der Waals surface area contributed by atoms with E-state index < -0.39 is 0 Å². The molecule has 0 N–H and O–H groups in total. The normalized spacial score (nSPS) is 10.4. The van der Waals surface area contributed by atoms with Crippen LogP contribution in [0.4, 0.5) is 0 Å². The molecule has 2 aromatic rings. The Morgan fingerprint density at radius 1 is 1.36 bits per heavy atom. The minimum atomic E-state index is 0.323. The van der Waals surface area contributed by atoms with E-state index in [-0.39, 0.29) is 0 Å². The van der Waals surface area contributed by atoms with E-state index in [1.165, 1.54) is 0 Å². The van der Waals surface area contributed by atoms with Crippen LogP contribution in [0.3, 0.4) is 0 Å². The van der Waals surface area contributed by atoms with Gasteiger partial charge in [-0.15, -0.1) is 0 Å². The molecule has 3 nitrogen and oxygen atoms in total. The standard InChI is InChI=1S/C11H10O3/c1-7-3-8-5-9(6-12)14-11(8)10(4-7)13-2/h3-6H,1-2H3. The number of fused-ring (bicyclic) bond motifs is 1. The zero-order valence-electron chi connectivity index (χ0n) is 8.03. The molecule has 72 valence electrons.